The van der Waals surface area contributed by atoms with Crippen LogP contribution in [0.1, 0.15) is 24.0 Å². The van der Waals surface area contributed by atoms with Gasteiger partial charge in [0.1, 0.15) is 11.6 Å². The number of halogens is 3. The zero-order valence-electron chi connectivity index (χ0n) is 11.9. The van der Waals surface area contributed by atoms with Gasteiger partial charge in [-0.2, -0.15) is 0 Å². The molecule has 2 aromatic rings. The van der Waals surface area contributed by atoms with Crippen LogP contribution in [-0.2, 0) is 6.42 Å². The lowest BCUT2D eigenvalue weighted by Gasteiger charge is -2.18. The second-order valence-corrected chi connectivity index (χ2v) is 5.96. The normalized spacial score (nSPS) is 12.4. The van der Waals surface area contributed by atoms with E-state index in [1.807, 2.05) is 25.1 Å². The number of likely N-dealkylation sites (N-methyl/N-ethyl adjacent to an activating group) is 1. The molecule has 0 aliphatic carbocycles. The lowest BCUT2D eigenvalue weighted by molar-refractivity contribution is 0.566. The minimum absolute atomic E-state index is 0.170. The lowest BCUT2D eigenvalue weighted by Crippen LogP contribution is -2.22. The van der Waals surface area contributed by atoms with Crippen LogP contribution in [0.3, 0.4) is 0 Å². The molecule has 1 atom stereocenters. The molecule has 1 N–H and O–H groups in total. The van der Waals surface area contributed by atoms with E-state index in [0.717, 1.165) is 29.2 Å². The Hall–Kier alpha value is -1.26. The van der Waals surface area contributed by atoms with Crippen LogP contribution in [0.15, 0.2) is 46.9 Å². The predicted octanol–water partition coefficient (Wildman–Crippen LogP) is 4.66. The summed E-state index contributed by atoms with van der Waals surface area (Å²) in [6.45, 7) is 3.67. The fraction of sp³-hybridized carbons (Fsp3) is 0.294. The molecule has 21 heavy (non-hydrogen) atoms. The van der Waals surface area contributed by atoms with Crippen molar-refractivity contribution in [3.8, 4) is 0 Å². The van der Waals surface area contributed by atoms with Crippen molar-refractivity contribution in [3.63, 3.8) is 0 Å². The van der Waals surface area contributed by atoms with Crippen molar-refractivity contribution in [2.24, 2.45) is 0 Å². The van der Waals surface area contributed by atoms with Gasteiger partial charge < -0.3 is 5.32 Å². The maximum Gasteiger partial charge on any atom is 0.126 e. The second-order valence-electron chi connectivity index (χ2n) is 5.04. The van der Waals surface area contributed by atoms with Crippen molar-refractivity contribution in [2.75, 3.05) is 13.1 Å². The van der Waals surface area contributed by atoms with E-state index in [9.17, 15) is 8.78 Å². The average Bonchev–Trinajstić information content (AvgIpc) is 2.42. The van der Waals surface area contributed by atoms with Crippen LogP contribution in [0.4, 0.5) is 8.78 Å². The average molecular weight is 354 g/mol. The highest BCUT2D eigenvalue weighted by Crippen LogP contribution is 2.24. The number of benzene rings is 2. The van der Waals surface area contributed by atoms with Crippen LogP contribution >= 0.6 is 15.9 Å². The highest BCUT2D eigenvalue weighted by Gasteiger charge is 2.13. The molecule has 0 radical (unpaired) electrons. The molecule has 0 aromatic heterocycles. The van der Waals surface area contributed by atoms with Gasteiger partial charge in [0, 0.05) is 23.0 Å². The lowest BCUT2D eigenvalue weighted by atomic mass is 9.92. The molecule has 0 amide bonds. The molecule has 1 nitrogen and oxygen atoms in total. The summed E-state index contributed by atoms with van der Waals surface area (Å²) in [5.41, 5.74) is 1.82. The minimum Gasteiger partial charge on any atom is -0.316 e. The minimum atomic E-state index is -0.526. The van der Waals surface area contributed by atoms with E-state index in [0.29, 0.717) is 12.0 Å². The van der Waals surface area contributed by atoms with Gasteiger partial charge in [-0.1, -0.05) is 35.0 Å². The van der Waals surface area contributed by atoms with Crippen LogP contribution in [0.25, 0.3) is 0 Å². The molecule has 0 saturated heterocycles. The van der Waals surface area contributed by atoms with E-state index in [-0.39, 0.29) is 5.92 Å². The highest BCUT2D eigenvalue weighted by molar-refractivity contribution is 9.10. The van der Waals surface area contributed by atoms with Crippen molar-refractivity contribution in [2.45, 2.75) is 19.3 Å². The van der Waals surface area contributed by atoms with Gasteiger partial charge in [-0.05, 0) is 48.4 Å². The van der Waals surface area contributed by atoms with E-state index < -0.39 is 11.6 Å². The van der Waals surface area contributed by atoms with Gasteiger partial charge >= 0.3 is 0 Å². The Labute approximate surface area is 132 Å². The molecule has 0 aliphatic rings. The maximum atomic E-state index is 13.3. The fourth-order valence-electron chi connectivity index (χ4n) is 2.40. The summed E-state index contributed by atoms with van der Waals surface area (Å²) in [4.78, 5) is 0. The topological polar surface area (TPSA) is 12.0 Å². The first kappa shape index (κ1) is 16.1. The summed E-state index contributed by atoms with van der Waals surface area (Å²) >= 11 is 3.47. The van der Waals surface area contributed by atoms with E-state index >= 15 is 0 Å². The SMILES string of the molecule is CCNCC(Cc1cc(F)cc(F)c1)c1cccc(Br)c1. The monoisotopic (exact) mass is 353 g/mol. The van der Waals surface area contributed by atoms with Gasteiger partial charge in [0.2, 0.25) is 0 Å². The number of hydrogen-bond acceptors (Lipinski definition) is 1. The van der Waals surface area contributed by atoms with E-state index in [2.05, 4.69) is 27.3 Å². The zero-order chi connectivity index (χ0) is 15.2. The smallest absolute Gasteiger partial charge is 0.126 e. The number of hydrogen-bond donors (Lipinski definition) is 1. The molecule has 0 aliphatic heterocycles. The van der Waals surface area contributed by atoms with Crippen LogP contribution in [0.5, 0.6) is 0 Å². The Kier molecular flexibility index (Phi) is 5.88. The third-order valence-electron chi connectivity index (χ3n) is 3.37. The first-order valence-electron chi connectivity index (χ1n) is 6.99. The van der Waals surface area contributed by atoms with Crippen LogP contribution in [0, 0.1) is 11.6 Å². The van der Waals surface area contributed by atoms with Crippen LogP contribution in [0.2, 0.25) is 0 Å². The largest absolute Gasteiger partial charge is 0.316 e. The van der Waals surface area contributed by atoms with Gasteiger partial charge in [0.05, 0.1) is 0 Å². The standard InChI is InChI=1S/C17H18BrF2N/c1-2-21-11-14(13-4-3-5-15(18)9-13)6-12-7-16(19)10-17(20)8-12/h3-5,7-10,14,21H,2,6,11H2,1H3. The molecule has 1 unspecified atom stereocenters. The maximum absolute atomic E-state index is 13.3. The third-order valence-corrected chi connectivity index (χ3v) is 3.86. The Morgan fingerprint density at radius 1 is 1.10 bits per heavy atom. The van der Waals surface area contributed by atoms with E-state index in [1.165, 1.54) is 12.1 Å². The van der Waals surface area contributed by atoms with Crippen molar-refractivity contribution in [1.82, 2.24) is 5.32 Å². The van der Waals surface area contributed by atoms with Crippen molar-refractivity contribution >= 4 is 15.9 Å². The first-order valence-corrected chi connectivity index (χ1v) is 7.79. The second kappa shape index (κ2) is 7.66. The van der Waals surface area contributed by atoms with Gasteiger partial charge in [0.15, 0.2) is 0 Å². The Bertz CT molecular complexity index is 581. The molecule has 2 aromatic carbocycles. The van der Waals surface area contributed by atoms with Gasteiger partial charge in [0.25, 0.3) is 0 Å². The third kappa shape index (κ3) is 4.90. The molecular weight excluding hydrogens is 336 g/mol. The molecule has 0 bridgehead atoms. The highest BCUT2D eigenvalue weighted by atomic mass is 79.9. The molecule has 0 fully saturated rings. The summed E-state index contributed by atoms with van der Waals surface area (Å²) in [7, 11) is 0. The predicted molar refractivity (Wildman–Crippen MR) is 85.5 cm³/mol. The molecule has 4 heteroatoms. The Morgan fingerprint density at radius 2 is 1.81 bits per heavy atom. The van der Waals surface area contributed by atoms with Crippen molar-refractivity contribution < 1.29 is 8.78 Å². The summed E-state index contributed by atoms with van der Waals surface area (Å²) in [5.74, 6) is -0.883. The van der Waals surface area contributed by atoms with E-state index in [1.54, 1.807) is 0 Å². The van der Waals surface area contributed by atoms with Gasteiger partial charge in [-0.15, -0.1) is 0 Å². The molecule has 0 saturated carbocycles. The van der Waals surface area contributed by atoms with Crippen molar-refractivity contribution in [1.29, 1.82) is 0 Å². The molecule has 2 rings (SSSR count). The Balaban J connectivity index is 2.23. The summed E-state index contributed by atoms with van der Waals surface area (Å²) in [6, 6.07) is 11.8. The van der Waals surface area contributed by atoms with E-state index in [4.69, 9.17) is 0 Å². The van der Waals surface area contributed by atoms with Crippen LogP contribution < -0.4 is 5.32 Å². The summed E-state index contributed by atoms with van der Waals surface area (Å²) < 4.78 is 27.7. The summed E-state index contributed by atoms with van der Waals surface area (Å²) in [6.07, 6.45) is 0.595. The Morgan fingerprint density at radius 3 is 2.43 bits per heavy atom. The molecular formula is C17H18BrF2N. The van der Waals surface area contributed by atoms with Gasteiger partial charge in [-0.25, -0.2) is 8.78 Å². The van der Waals surface area contributed by atoms with Crippen LogP contribution in [-0.4, -0.2) is 13.1 Å². The fourth-order valence-corrected chi connectivity index (χ4v) is 2.82. The molecule has 0 heterocycles. The first-order chi connectivity index (χ1) is 10.1. The molecule has 0 spiro atoms. The number of rotatable bonds is 6. The van der Waals surface area contributed by atoms with Gasteiger partial charge in [-0.3, -0.25) is 0 Å². The quantitative estimate of drug-likeness (QED) is 0.795. The molecule has 112 valence electrons. The summed E-state index contributed by atoms with van der Waals surface area (Å²) in [5, 5.41) is 3.31. The zero-order valence-corrected chi connectivity index (χ0v) is 13.5. The number of nitrogens with one attached hydrogen (secondary N) is 1. The van der Waals surface area contributed by atoms with Crippen molar-refractivity contribution in [3.05, 3.63) is 69.7 Å².